The van der Waals surface area contributed by atoms with Crippen molar-refractivity contribution < 1.29 is 17.7 Å². The van der Waals surface area contributed by atoms with Gasteiger partial charge in [-0.15, -0.1) is 0 Å². The molecule has 5 nitrogen and oxygen atoms in total. The minimum absolute atomic E-state index is 0.0338. The quantitative estimate of drug-likeness (QED) is 0.461. The number of nitrogen functional groups attached to an aromatic ring is 1. The van der Waals surface area contributed by atoms with Crippen LogP contribution in [0, 0.1) is 0 Å². The molecule has 6 heteroatoms. The standard InChI is InChI=1S/C7H7AsNO4/c9-6-2-1-4(7(10)11)3-5(6)8(12)13/h1-3H,9H2,(H,10,11)(H,12,13). The Hall–Kier alpha value is -1.19. The van der Waals surface area contributed by atoms with Gasteiger partial charge in [0.15, 0.2) is 0 Å². The number of hydrogen-bond acceptors (Lipinski definition) is 3. The number of aromatic carboxylic acids is 1. The molecular formula is C7H7AsNO4. The van der Waals surface area contributed by atoms with E-state index in [0.717, 1.165) is 6.07 Å². The molecule has 1 aromatic carbocycles. The third-order valence-corrected chi connectivity index (χ3v) is 3.16. The van der Waals surface area contributed by atoms with Gasteiger partial charge < -0.3 is 0 Å². The molecule has 0 amide bonds. The van der Waals surface area contributed by atoms with E-state index in [0.29, 0.717) is 0 Å². The summed E-state index contributed by atoms with van der Waals surface area (Å²) in [6.07, 6.45) is 0. The number of carboxylic acids is 1. The second-order valence-corrected chi connectivity index (χ2v) is 4.51. The SMILES string of the molecule is Nc1ccc(C(=O)O)cc1[As](=O)O. The van der Waals surface area contributed by atoms with Crippen molar-refractivity contribution in [2.45, 2.75) is 0 Å². The molecule has 0 heterocycles. The third kappa shape index (κ3) is 2.14. The molecule has 0 saturated heterocycles. The van der Waals surface area contributed by atoms with E-state index in [9.17, 15) is 8.53 Å². The average molecular weight is 244 g/mol. The molecule has 0 saturated carbocycles. The second-order valence-electron chi connectivity index (χ2n) is 2.35. The van der Waals surface area contributed by atoms with Crippen molar-refractivity contribution in [3.05, 3.63) is 23.8 Å². The maximum atomic E-state index is 10.8. The molecular weight excluding hydrogens is 237 g/mol. The Morgan fingerprint density at radius 1 is 1.46 bits per heavy atom. The number of carboxylic acid groups (broad SMARTS) is 1. The predicted octanol–water partition coefficient (Wildman–Crippen LogP) is -0.915. The van der Waals surface area contributed by atoms with Crippen LogP contribution in [-0.4, -0.2) is 30.1 Å². The van der Waals surface area contributed by atoms with Crippen LogP contribution in [0.15, 0.2) is 18.2 Å². The number of anilines is 1. The van der Waals surface area contributed by atoms with Crippen LogP contribution in [0.5, 0.6) is 0 Å². The van der Waals surface area contributed by atoms with Crippen molar-refractivity contribution in [2.24, 2.45) is 0 Å². The molecule has 0 aliphatic rings. The van der Waals surface area contributed by atoms with Gasteiger partial charge >= 0.3 is 78.2 Å². The van der Waals surface area contributed by atoms with Crippen LogP contribution in [0.2, 0.25) is 0 Å². The van der Waals surface area contributed by atoms with Crippen LogP contribution >= 0.6 is 0 Å². The Kier molecular flexibility index (Phi) is 2.80. The summed E-state index contributed by atoms with van der Waals surface area (Å²) in [5.74, 6) is -1.14. The fourth-order valence-corrected chi connectivity index (χ4v) is 1.99. The Morgan fingerprint density at radius 2 is 2.08 bits per heavy atom. The number of rotatable bonds is 2. The van der Waals surface area contributed by atoms with Crippen molar-refractivity contribution in [3.63, 3.8) is 0 Å². The predicted molar refractivity (Wildman–Crippen MR) is 46.1 cm³/mol. The summed E-state index contributed by atoms with van der Waals surface area (Å²) in [7, 11) is 0. The van der Waals surface area contributed by atoms with Crippen LogP contribution in [0.4, 0.5) is 5.69 Å². The summed E-state index contributed by atoms with van der Waals surface area (Å²) in [4.78, 5) is 10.5. The van der Waals surface area contributed by atoms with Gasteiger partial charge in [-0.2, -0.15) is 0 Å². The van der Waals surface area contributed by atoms with Gasteiger partial charge in [0, 0.05) is 0 Å². The summed E-state index contributed by atoms with van der Waals surface area (Å²) >= 11 is -3.34. The van der Waals surface area contributed by atoms with E-state index in [2.05, 4.69) is 0 Å². The van der Waals surface area contributed by atoms with Crippen LogP contribution in [0.25, 0.3) is 0 Å². The average Bonchev–Trinajstić information content (AvgIpc) is 2.04. The number of carbonyl (C=O) groups is 1. The fourth-order valence-electron chi connectivity index (χ4n) is 0.842. The van der Waals surface area contributed by atoms with E-state index in [1.165, 1.54) is 12.1 Å². The number of nitrogens with two attached hydrogens (primary N) is 1. The molecule has 0 aliphatic heterocycles. The monoisotopic (exact) mass is 244 g/mol. The van der Waals surface area contributed by atoms with Gasteiger partial charge in [0.1, 0.15) is 0 Å². The van der Waals surface area contributed by atoms with Gasteiger partial charge in [-0.25, -0.2) is 0 Å². The molecule has 1 rings (SSSR count). The van der Waals surface area contributed by atoms with Gasteiger partial charge in [-0.1, -0.05) is 0 Å². The molecule has 0 aromatic heterocycles. The maximum absolute atomic E-state index is 10.8. The van der Waals surface area contributed by atoms with Crippen LogP contribution in [-0.2, 0) is 3.74 Å². The molecule has 69 valence electrons. The van der Waals surface area contributed by atoms with Crippen LogP contribution in [0.3, 0.4) is 0 Å². The molecule has 0 aliphatic carbocycles. The van der Waals surface area contributed by atoms with Crippen molar-refractivity contribution >= 4 is 30.9 Å². The van der Waals surface area contributed by atoms with E-state index in [4.69, 9.17) is 14.9 Å². The van der Waals surface area contributed by atoms with E-state index in [-0.39, 0.29) is 15.6 Å². The third-order valence-electron chi connectivity index (χ3n) is 1.48. The molecule has 0 bridgehead atoms. The van der Waals surface area contributed by atoms with Crippen molar-refractivity contribution in [3.8, 4) is 0 Å². The van der Waals surface area contributed by atoms with E-state index < -0.39 is 20.9 Å². The molecule has 1 unspecified atom stereocenters. The summed E-state index contributed by atoms with van der Waals surface area (Å²) in [5, 5.41) is 8.57. The normalized spacial score (nSPS) is 11.0. The molecule has 0 fully saturated rings. The first-order valence-electron chi connectivity index (χ1n) is 3.31. The molecule has 4 N–H and O–H groups in total. The van der Waals surface area contributed by atoms with Crippen molar-refractivity contribution in [1.29, 1.82) is 0 Å². The molecule has 1 radical (unpaired) electrons. The zero-order valence-corrected chi connectivity index (χ0v) is 8.34. The summed E-state index contributed by atoms with van der Waals surface area (Å²) in [6, 6.07) is 3.73. The molecule has 13 heavy (non-hydrogen) atoms. The van der Waals surface area contributed by atoms with Crippen LogP contribution in [0.1, 0.15) is 10.4 Å². The summed E-state index contributed by atoms with van der Waals surface area (Å²) in [5.41, 5.74) is 5.50. The van der Waals surface area contributed by atoms with Gasteiger partial charge in [-0.3, -0.25) is 0 Å². The molecule has 0 spiro atoms. The van der Waals surface area contributed by atoms with Gasteiger partial charge in [0.05, 0.1) is 0 Å². The Labute approximate surface area is 78.6 Å². The molecule has 1 aromatic rings. The number of benzene rings is 1. The Balaban J connectivity index is 3.27. The van der Waals surface area contributed by atoms with Gasteiger partial charge in [-0.05, 0) is 0 Å². The first-order valence-corrected chi connectivity index (χ1v) is 5.85. The van der Waals surface area contributed by atoms with E-state index in [1.807, 2.05) is 0 Å². The van der Waals surface area contributed by atoms with Gasteiger partial charge in [0.2, 0.25) is 0 Å². The Morgan fingerprint density at radius 3 is 2.54 bits per heavy atom. The number of hydrogen-bond donors (Lipinski definition) is 3. The topological polar surface area (TPSA) is 101 Å². The fraction of sp³-hybridized carbons (Fsp3) is 0. The zero-order chi connectivity index (χ0) is 10.0. The first-order chi connectivity index (χ1) is 6.02. The Bertz CT molecular complexity index is 377. The van der Waals surface area contributed by atoms with Gasteiger partial charge in [0.25, 0.3) is 0 Å². The molecule has 1 atom stereocenters. The van der Waals surface area contributed by atoms with E-state index >= 15 is 0 Å². The summed E-state index contributed by atoms with van der Waals surface area (Å²) in [6.45, 7) is 0. The van der Waals surface area contributed by atoms with Crippen LogP contribution < -0.4 is 10.1 Å². The minimum atomic E-state index is -3.34. The second kappa shape index (κ2) is 3.68. The van der Waals surface area contributed by atoms with E-state index in [1.54, 1.807) is 0 Å². The summed E-state index contributed by atoms with van der Waals surface area (Å²) < 4.78 is 19.6. The first kappa shape index (κ1) is 9.89. The zero-order valence-electron chi connectivity index (χ0n) is 6.47. The van der Waals surface area contributed by atoms with Crippen molar-refractivity contribution in [1.82, 2.24) is 0 Å². The van der Waals surface area contributed by atoms with Crippen molar-refractivity contribution in [2.75, 3.05) is 5.73 Å².